The number of likely N-dealkylation sites (tertiary alicyclic amines) is 1. The fourth-order valence-electron chi connectivity index (χ4n) is 4.66. The van der Waals surface area contributed by atoms with Gasteiger partial charge in [0.25, 0.3) is 5.92 Å². The van der Waals surface area contributed by atoms with Gasteiger partial charge in [-0.2, -0.15) is 13.2 Å². The van der Waals surface area contributed by atoms with Crippen molar-refractivity contribution < 1.29 is 35.9 Å². The van der Waals surface area contributed by atoms with Gasteiger partial charge in [0.15, 0.2) is 0 Å². The molecule has 0 N–H and O–H groups in total. The van der Waals surface area contributed by atoms with Crippen molar-refractivity contribution in [3.8, 4) is 0 Å². The van der Waals surface area contributed by atoms with Crippen molar-refractivity contribution in [3.05, 3.63) is 58.2 Å². The van der Waals surface area contributed by atoms with E-state index in [0.717, 1.165) is 18.4 Å². The van der Waals surface area contributed by atoms with E-state index in [9.17, 15) is 35.9 Å². The fourth-order valence-corrected chi connectivity index (χ4v) is 4.66. The summed E-state index contributed by atoms with van der Waals surface area (Å²) in [5.74, 6) is -4.03. The van der Waals surface area contributed by atoms with E-state index in [1.807, 2.05) is 0 Å². The van der Waals surface area contributed by atoms with Crippen LogP contribution in [0.5, 0.6) is 0 Å². The van der Waals surface area contributed by atoms with E-state index >= 15 is 0 Å². The van der Waals surface area contributed by atoms with E-state index in [1.54, 1.807) is 13.0 Å². The Labute approximate surface area is 200 Å². The van der Waals surface area contributed by atoms with Gasteiger partial charge in [-0.15, -0.1) is 0 Å². The molecule has 1 aliphatic heterocycles. The minimum Gasteiger partial charge on any atom is -0.321 e. The Morgan fingerprint density at radius 2 is 1.80 bits per heavy atom. The lowest BCUT2D eigenvalue weighted by atomic mass is 9.86. The maximum Gasteiger partial charge on any atom is 0.416 e. The van der Waals surface area contributed by atoms with Gasteiger partial charge in [0.2, 0.25) is 0 Å². The molecular formula is C25H28F6N2O2. The molecule has 4 unspecified atom stereocenters. The number of amides is 2. The first-order valence-electron chi connectivity index (χ1n) is 11.3. The van der Waals surface area contributed by atoms with Crippen LogP contribution in [-0.2, 0) is 16.9 Å². The summed E-state index contributed by atoms with van der Waals surface area (Å²) < 4.78 is 81.9. The van der Waals surface area contributed by atoms with Crippen LogP contribution in [-0.4, -0.2) is 47.9 Å². The molecule has 1 saturated heterocycles. The summed E-state index contributed by atoms with van der Waals surface area (Å²) >= 11 is 0. The molecule has 0 aromatic heterocycles. The molecule has 0 spiro atoms. The molecule has 0 radical (unpaired) electrons. The summed E-state index contributed by atoms with van der Waals surface area (Å²) in [7, 11) is 1.37. The lowest BCUT2D eigenvalue weighted by molar-refractivity contribution is -0.137. The van der Waals surface area contributed by atoms with E-state index in [1.165, 1.54) is 29.8 Å². The predicted octanol–water partition coefficient (Wildman–Crippen LogP) is 6.43. The van der Waals surface area contributed by atoms with E-state index < -0.39 is 53.4 Å². The zero-order valence-electron chi connectivity index (χ0n) is 19.9. The van der Waals surface area contributed by atoms with Crippen LogP contribution in [0.15, 0.2) is 41.5 Å². The van der Waals surface area contributed by atoms with Gasteiger partial charge in [0.1, 0.15) is 12.5 Å². The maximum atomic E-state index is 13.9. The Morgan fingerprint density at radius 1 is 1.17 bits per heavy atom. The highest BCUT2D eigenvalue weighted by atomic mass is 19.4. The zero-order chi connectivity index (χ0) is 26.3. The number of alkyl halides is 6. The van der Waals surface area contributed by atoms with Crippen molar-refractivity contribution in [3.63, 3.8) is 0 Å². The first kappa shape index (κ1) is 26.8. The Kier molecular flexibility index (Phi) is 7.43. The van der Waals surface area contributed by atoms with Crippen molar-refractivity contribution in [2.75, 3.05) is 13.6 Å². The highest BCUT2D eigenvalue weighted by molar-refractivity contribution is 5.78. The summed E-state index contributed by atoms with van der Waals surface area (Å²) in [5, 5.41) is 0. The largest absolute Gasteiger partial charge is 0.416 e. The van der Waals surface area contributed by atoms with Crippen LogP contribution in [0.4, 0.5) is 31.1 Å². The van der Waals surface area contributed by atoms with Crippen LogP contribution in [0.3, 0.4) is 0 Å². The highest BCUT2D eigenvalue weighted by Gasteiger charge is 2.42. The third kappa shape index (κ3) is 5.56. The van der Waals surface area contributed by atoms with Crippen molar-refractivity contribution in [1.82, 2.24) is 9.80 Å². The standard InChI is InChI=1S/C25H28F6N2O2/c1-14-9-20(26)5-6-21(14)22-16(13-34)7-8-33(22)23(35)32(4)15(2)17-10-18(24(3,27)28)12-19(11-17)25(29,30)31/h6,9-13,15-16,20,22H,5,7-8H2,1-4H3. The van der Waals surface area contributed by atoms with E-state index in [-0.39, 0.29) is 18.5 Å². The molecule has 1 heterocycles. The monoisotopic (exact) mass is 502 g/mol. The van der Waals surface area contributed by atoms with Gasteiger partial charge in [-0.1, -0.05) is 6.08 Å². The summed E-state index contributed by atoms with van der Waals surface area (Å²) in [6.45, 7) is 3.87. The second-order valence-electron chi connectivity index (χ2n) is 9.29. The molecule has 1 aromatic carbocycles. The van der Waals surface area contributed by atoms with E-state index in [4.69, 9.17) is 0 Å². The summed E-state index contributed by atoms with van der Waals surface area (Å²) in [6.07, 6.45) is -1.67. The van der Waals surface area contributed by atoms with Crippen molar-refractivity contribution in [2.24, 2.45) is 5.92 Å². The summed E-state index contributed by atoms with van der Waals surface area (Å²) in [6, 6.07) is -0.0460. The van der Waals surface area contributed by atoms with Crippen LogP contribution < -0.4 is 0 Å². The molecule has 2 amide bonds. The molecule has 35 heavy (non-hydrogen) atoms. The first-order valence-corrected chi connectivity index (χ1v) is 11.3. The van der Waals surface area contributed by atoms with Crippen LogP contribution in [0.2, 0.25) is 0 Å². The molecule has 1 aromatic rings. The maximum absolute atomic E-state index is 13.9. The Hall–Kier alpha value is -2.78. The van der Waals surface area contributed by atoms with Gasteiger partial charge in [0, 0.05) is 38.4 Å². The number of nitrogens with zero attached hydrogens (tertiary/aromatic N) is 2. The highest BCUT2D eigenvalue weighted by Crippen LogP contribution is 2.39. The molecule has 3 rings (SSSR count). The molecular weight excluding hydrogens is 474 g/mol. The van der Waals surface area contributed by atoms with Gasteiger partial charge in [-0.3, -0.25) is 0 Å². The topological polar surface area (TPSA) is 40.6 Å². The minimum atomic E-state index is -4.85. The number of allylic oxidation sites excluding steroid dienone is 2. The van der Waals surface area contributed by atoms with Gasteiger partial charge in [-0.25, -0.2) is 18.0 Å². The van der Waals surface area contributed by atoms with Crippen molar-refractivity contribution >= 4 is 12.3 Å². The predicted molar refractivity (Wildman–Crippen MR) is 119 cm³/mol. The normalized spacial score (nSPS) is 24.1. The number of halogens is 6. The van der Waals surface area contributed by atoms with Gasteiger partial charge < -0.3 is 14.6 Å². The number of benzene rings is 1. The first-order chi connectivity index (χ1) is 16.1. The number of carbonyl (C=O) groups is 2. The van der Waals surface area contributed by atoms with E-state index in [2.05, 4.69) is 0 Å². The number of rotatable bonds is 5. The third-order valence-corrected chi connectivity index (χ3v) is 6.79. The molecule has 2 aliphatic rings. The van der Waals surface area contributed by atoms with Crippen molar-refractivity contribution in [1.29, 1.82) is 0 Å². The fraction of sp³-hybridized carbons (Fsp3) is 0.520. The second kappa shape index (κ2) is 9.70. The number of carbonyl (C=O) groups excluding carboxylic acids is 2. The number of hydrogen-bond acceptors (Lipinski definition) is 2. The average molecular weight is 502 g/mol. The molecule has 1 aliphatic carbocycles. The molecule has 4 nitrogen and oxygen atoms in total. The summed E-state index contributed by atoms with van der Waals surface area (Å²) in [4.78, 5) is 27.8. The van der Waals surface area contributed by atoms with E-state index in [0.29, 0.717) is 30.6 Å². The number of urea groups is 1. The van der Waals surface area contributed by atoms with Gasteiger partial charge >= 0.3 is 12.2 Å². The second-order valence-corrected chi connectivity index (χ2v) is 9.29. The summed E-state index contributed by atoms with van der Waals surface area (Å²) in [5.41, 5.74) is -0.848. The van der Waals surface area contributed by atoms with Crippen LogP contribution in [0.1, 0.15) is 56.3 Å². The third-order valence-electron chi connectivity index (χ3n) is 6.79. The molecule has 0 saturated carbocycles. The smallest absolute Gasteiger partial charge is 0.321 e. The molecule has 0 bridgehead atoms. The van der Waals surface area contributed by atoms with Crippen LogP contribution in [0.25, 0.3) is 0 Å². The molecule has 1 fully saturated rings. The average Bonchev–Trinajstić information content (AvgIpc) is 3.19. The lowest BCUT2D eigenvalue weighted by Gasteiger charge is -2.36. The quantitative estimate of drug-likeness (QED) is 0.344. The van der Waals surface area contributed by atoms with Gasteiger partial charge in [-0.05, 0) is 61.3 Å². The number of hydrogen-bond donors (Lipinski definition) is 0. The number of aldehydes is 1. The Bertz CT molecular complexity index is 1010. The molecule has 4 atom stereocenters. The Balaban J connectivity index is 1.94. The zero-order valence-corrected chi connectivity index (χ0v) is 19.9. The minimum absolute atomic E-state index is 0.0943. The molecule has 10 heteroatoms. The lowest BCUT2D eigenvalue weighted by Crippen LogP contribution is -2.47. The SMILES string of the molecule is CC1=CC(F)CC=C1C1C(C=O)CCN1C(=O)N(C)C(C)c1cc(C(C)(F)F)cc(C(F)(F)F)c1. The van der Waals surface area contributed by atoms with Crippen molar-refractivity contribution in [2.45, 2.75) is 64.0 Å². The molecule has 192 valence electrons. The van der Waals surface area contributed by atoms with Crippen LogP contribution in [0, 0.1) is 5.92 Å². The Morgan fingerprint density at radius 3 is 2.34 bits per heavy atom. The van der Waals surface area contributed by atoms with Crippen LogP contribution >= 0.6 is 0 Å². The van der Waals surface area contributed by atoms with Gasteiger partial charge in [0.05, 0.1) is 17.6 Å².